The summed E-state index contributed by atoms with van der Waals surface area (Å²) in [5, 5.41) is 6.00. The molecule has 1 N–H and O–H groups in total. The summed E-state index contributed by atoms with van der Waals surface area (Å²) in [5.74, 6) is 0.290. The van der Waals surface area contributed by atoms with Crippen LogP contribution in [0.5, 0.6) is 0 Å². The number of halogens is 1. The largest absolute Gasteiger partial charge is 0.298 e. The SMILES string of the molecule is CC(C)c1ccc(-c2csc(NC(=O)/C=C/c3ccc(Cl)cc3)n2)cc1. The number of rotatable bonds is 5. The van der Waals surface area contributed by atoms with Gasteiger partial charge in [-0.1, -0.05) is 61.8 Å². The van der Waals surface area contributed by atoms with Crippen LogP contribution in [0.15, 0.2) is 60.0 Å². The maximum Gasteiger partial charge on any atom is 0.250 e. The highest BCUT2D eigenvalue weighted by Crippen LogP contribution is 2.26. The molecule has 1 heterocycles. The molecular formula is C21H19ClN2OS. The Morgan fingerprint density at radius 3 is 2.46 bits per heavy atom. The molecule has 0 saturated carbocycles. The van der Waals surface area contributed by atoms with Crippen molar-refractivity contribution in [2.45, 2.75) is 19.8 Å². The number of benzene rings is 2. The maximum atomic E-state index is 12.1. The molecule has 0 aliphatic rings. The van der Waals surface area contributed by atoms with E-state index in [0.717, 1.165) is 16.8 Å². The molecule has 3 aromatic rings. The minimum atomic E-state index is -0.212. The molecule has 0 atom stereocenters. The first-order valence-corrected chi connectivity index (χ1v) is 9.57. The minimum Gasteiger partial charge on any atom is -0.298 e. The Balaban J connectivity index is 1.64. The van der Waals surface area contributed by atoms with E-state index >= 15 is 0 Å². The predicted molar refractivity (Wildman–Crippen MR) is 111 cm³/mol. The van der Waals surface area contributed by atoms with Crippen molar-refractivity contribution >= 4 is 40.1 Å². The first-order chi connectivity index (χ1) is 12.5. The number of nitrogens with one attached hydrogen (secondary N) is 1. The lowest BCUT2D eigenvalue weighted by Gasteiger charge is -2.05. The van der Waals surface area contributed by atoms with Crippen LogP contribution in [0.2, 0.25) is 5.02 Å². The molecule has 132 valence electrons. The summed E-state index contributed by atoms with van der Waals surface area (Å²) < 4.78 is 0. The number of carbonyl (C=O) groups excluding carboxylic acids is 1. The average Bonchev–Trinajstić information content (AvgIpc) is 3.10. The van der Waals surface area contributed by atoms with Crippen molar-refractivity contribution in [3.8, 4) is 11.3 Å². The van der Waals surface area contributed by atoms with Gasteiger partial charge in [0.2, 0.25) is 5.91 Å². The van der Waals surface area contributed by atoms with Crippen molar-refractivity contribution in [3.63, 3.8) is 0 Å². The Morgan fingerprint density at radius 1 is 1.12 bits per heavy atom. The van der Waals surface area contributed by atoms with Gasteiger partial charge in [-0.3, -0.25) is 10.1 Å². The average molecular weight is 383 g/mol. The second-order valence-electron chi connectivity index (χ2n) is 6.19. The van der Waals surface area contributed by atoms with Gasteiger partial charge in [0.05, 0.1) is 5.69 Å². The molecule has 3 rings (SSSR count). The highest BCUT2D eigenvalue weighted by atomic mass is 35.5. The molecule has 0 spiro atoms. The van der Waals surface area contributed by atoms with Gasteiger partial charge in [0, 0.05) is 22.0 Å². The van der Waals surface area contributed by atoms with Gasteiger partial charge < -0.3 is 0 Å². The van der Waals surface area contributed by atoms with Crippen LogP contribution in [0.25, 0.3) is 17.3 Å². The lowest BCUT2D eigenvalue weighted by molar-refractivity contribution is -0.111. The van der Waals surface area contributed by atoms with Crippen LogP contribution in [0, 0.1) is 0 Å². The monoisotopic (exact) mass is 382 g/mol. The van der Waals surface area contributed by atoms with Crippen LogP contribution in [0.3, 0.4) is 0 Å². The second-order valence-corrected chi connectivity index (χ2v) is 7.48. The third-order valence-corrected chi connectivity index (χ3v) is 4.91. The van der Waals surface area contributed by atoms with Crippen molar-refractivity contribution in [2.24, 2.45) is 0 Å². The zero-order chi connectivity index (χ0) is 18.5. The van der Waals surface area contributed by atoms with Gasteiger partial charge in [-0.2, -0.15) is 0 Å². The molecule has 26 heavy (non-hydrogen) atoms. The topological polar surface area (TPSA) is 42.0 Å². The van der Waals surface area contributed by atoms with Crippen LogP contribution in [0.1, 0.15) is 30.9 Å². The Labute approximate surface area is 162 Å². The number of hydrogen-bond acceptors (Lipinski definition) is 3. The summed E-state index contributed by atoms with van der Waals surface area (Å²) in [4.78, 5) is 16.6. The van der Waals surface area contributed by atoms with Crippen LogP contribution in [-0.4, -0.2) is 10.9 Å². The lowest BCUT2D eigenvalue weighted by atomic mass is 10.0. The Hall–Kier alpha value is -2.43. The van der Waals surface area contributed by atoms with E-state index in [1.807, 2.05) is 17.5 Å². The van der Waals surface area contributed by atoms with Crippen molar-refractivity contribution in [3.05, 3.63) is 76.1 Å². The third-order valence-electron chi connectivity index (χ3n) is 3.90. The van der Waals surface area contributed by atoms with E-state index in [1.165, 1.54) is 23.0 Å². The first kappa shape index (κ1) is 18.4. The number of thiazole rings is 1. The van der Waals surface area contributed by atoms with E-state index < -0.39 is 0 Å². The molecule has 3 nitrogen and oxygen atoms in total. The van der Waals surface area contributed by atoms with Crippen molar-refractivity contribution in [1.29, 1.82) is 0 Å². The summed E-state index contributed by atoms with van der Waals surface area (Å²) in [6, 6.07) is 15.7. The fraction of sp³-hybridized carbons (Fsp3) is 0.143. The Morgan fingerprint density at radius 2 is 1.81 bits per heavy atom. The van der Waals surface area contributed by atoms with Crippen LogP contribution < -0.4 is 5.32 Å². The number of anilines is 1. The summed E-state index contributed by atoms with van der Waals surface area (Å²) in [6.07, 6.45) is 3.23. The lowest BCUT2D eigenvalue weighted by Crippen LogP contribution is -2.07. The molecule has 5 heteroatoms. The molecule has 0 aliphatic carbocycles. The number of carbonyl (C=O) groups is 1. The van der Waals surface area contributed by atoms with Gasteiger partial charge in [0.25, 0.3) is 0 Å². The highest BCUT2D eigenvalue weighted by molar-refractivity contribution is 7.14. The standard InChI is InChI=1S/C21H19ClN2OS/c1-14(2)16-6-8-17(9-7-16)19-13-26-21(23-19)24-20(25)12-5-15-3-10-18(22)11-4-15/h3-14H,1-2H3,(H,23,24,25)/b12-5+. The normalized spacial score (nSPS) is 11.2. The fourth-order valence-corrected chi connectivity index (χ4v) is 3.24. The molecular weight excluding hydrogens is 364 g/mol. The third kappa shape index (κ3) is 4.81. The molecule has 0 saturated heterocycles. The zero-order valence-electron chi connectivity index (χ0n) is 14.6. The fourth-order valence-electron chi connectivity index (χ4n) is 2.40. The summed E-state index contributed by atoms with van der Waals surface area (Å²) in [5.41, 5.74) is 4.12. The quantitative estimate of drug-likeness (QED) is 0.530. The van der Waals surface area contributed by atoms with E-state index in [-0.39, 0.29) is 5.91 Å². The molecule has 0 radical (unpaired) electrons. The number of hydrogen-bond donors (Lipinski definition) is 1. The minimum absolute atomic E-state index is 0.212. The molecule has 0 fully saturated rings. The van der Waals surface area contributed by atoms with Gasteiger partial charge >= 0.3 is 0 Å². The van der Waals surface area contributed by atoms with Crippen molar-refractivity contribution < 1.29 is 4.79 Å². The molecule has 0 aliphatic heterocycles. The number of amides is 1. The Kier molecular flexibility index (Phi) is 5.86. The summed E-state index contributed by atoms with van der Waals surface area (Å²) >= 11 is 7.26. The van der Waals surface area contributed by atoms with E-state index in [0.29, 0.717) is 16.1 Å². The van der Waals surface area contributed by atoms with E-state index in [4.69, 9.17) is 11.6 Å². The van der Waals surface area contributed by atoms with Gasteiger partial charge in [-0.25, -0.2) is 4.98 Å². The predicted octanol–water partition coefficient (Wildman–Crippen LogP) is 6.24. The van der Waals surface area contributed by atoms with E-state index in [2.05, 4.69) is 48.4 Å². The molecule has 1 amide bonds. The maximum absolute atomic E-state index is 12.1. The van der Waals surface area contributed by atoms with E-state index in [1.54, 1.807) is 18.2 Å². The molecule has 1 aromatic heterocycles. The van der Waals surface area contributed by atoms with Crippen molar-refractivity contribution in [2.75, 3.05) is 5.32 Å². The summed E-state index contributed by atoms with van der Waals surface area (Å²) in [7, 11) is 0. The van der Waals surface area contributed by atoms with Crippen LogP contribution in [0.4, 0.5) is 5.13 Å². The van der Waals surface area contributed by atoms with Crippen LogP contribution in [-0.2, 0) is 4.79 Å². The Bertz CT molecular complexity index is 912. The molecule has 0 unspecified atom stereocenters. The van der Waals surface area contributed by atoms with E-state index in [9.17, 15) is 4.79 Å². The van der Waals surface area contributed by atoms with Crippen LogP contribution >= 0.6 is 22.9 Å². The highest BCUT2D eigenvalue weighted by Gasteiger charge is 2.07. The number of nitrogens with zero attached hydrogens (tertiary/aromatic N) is 1. The second kappa shape index (κ2) is 8.30. The first-order valence-electron chi connectivity index (χ1n) is 8.32. The van der Waals surface area contributed by atoms with Gasteiger partial charge in [0.15, 0.2) is 5.13 Å². The molecule has 2 aromatic carbocycles. The van der Waals surface area contributed by atoms with Gasteiger partial charge in [0.1, 0.15) is 0 Å². The molecule has 0 bridgehead atoms. The van der Waals surface area contributed by atoms with Crippen molar-refractivity contribution in [1.82, 2.24) is 4.98 Å². The smallest absolute Gasteiger partial charge is 0.250 e. The van der Waals surface area contributed by atoms with Gasteiger partial charge in [-0.05, 0) is 35.3 Å². The summed E-state index contributed by atoms with van der Waals surface area (Å²) in [6.45, 7) is 4.34. The van der Waals surface area contributed by atoms with Gasteiger partial charge in [-0.15, -0.1) is 11.3 Å². The zero-order valence-corrected chi connectivity index (χ0v) is 16.1. The number of aromatic nitrogens is 1.